The van der Waals surface area contributed by atoms with E-state index in [2.05, 4.69) is 6.58 Å². The molecule has 5 nitrogen and oxygen atoms in total. The summed E-state index contributed by atoms with van der Waals surface area (Å²) in [6.45, 7) is 5.75. The monoisotopic (exact) mass is 304 g/mol. The number of rotatable bonds is 6. The Morgan fingerprint density at radius 1 is 1.47 bits per heavy atom. The predicted molar refractivity (Wildman–Crippen MR) is 71.4 cm³/mol. The highest BCUT2D eigenvalue weighted by atomic mass is 35.7. The number of carbonyl (C=O) groups is 1. The zero-order valence-corrected chi connectivity index (χ0v) is 11.8. The van der Waals surface area contributed by atoms with E-state index in [1.807, 2.05) is 6.92 Å². The zero-order chi connectivity index (χ0) is 14.6. The van der Waals surface area contributed by atoms with Gasteiger partial charge in [-0.05, 0) is 25.1 Å². The third-order valence-corrected chi connectivity index (χ3v) is 3.58. The van der Waals surface area contributed by atoms with E-state index in [9.17, 15) is 13.2 Å². The molecular formula is C12H13ClO5S. The van der Waals surface area contributed by atoms with Crippen molar-refractivity contribution in [1.82, 2.24) is 0 Å². The number of aromatic carboxylic acids is 1. The molecule has 0 amide bonds. The Kier molecular flexibility index (Phi) is 4.97. The summed E-state index contributed by atoms with van der Waals surface area (Å²) in [5.74, 6) is -1.21. The van der Waals surface area contributed by atoms with E-state index in [4.69, 9.17) is 20.5 Å². The van der Waals surface area contributed by atoms with E-state index in [0.717, 1.165) is 11.6 Å². The van der Waals surface area contributed by atoms with Crippen LogP contribution in [0.25, 0.3) is 0 Å². The highest BCUT2D eigenvalue weighted by Gasteiger charge is 2.19. The molecule has 0 saturated heterocycles. The van der Waals surface area contributed by atoms with Gasteiger partial charge < -0.3 is 9.84 Å². The molecule has 7 heteroatoms. The first-order chi connectivity index (χ1) is 8.71. The lowest BCUT2D eigenvalue weighted by Crippen LogP contribution is -2.05. The van der Waals surface area contributed by atoms with Crippen LogP contribution in [0.15, 0.2) is 35.2 Å². The van der Waals surface area contributed by atoms with Crippen molar-refractivity contribution in [2.24, 2.45) is 0 Å². The van der Waals surface area contributed by atoms with Crippen LogP contribution in [0.5, 0.6) is 5.75 Å². The predicted octanol–water partition coefficient (Wildman–Crippen LogP) is 2.66. The van der Waals surface area contributed by atoms with Crippen LogP contribution < -0.4 is 4.74 Å². The van der Waals surface area contributed by atoms with Crippen molar-refractivity contribution in [2.75, 3.05) is 6.61 Å². The maximum absolute atomic E-state index is 11.4. The molecule has 1 aromatic carbocycles. The molecule has 0 radical (unpaired) electrons. The van der Waals surface area contributed by atoms with Crippen LogP contribution >= 0.6 is 10.7 Å². The Morgan fingerprint density at radius 3 is 2.58 bits per heavy atom. The highest BCUT2D eigenvalue weighted by molar-refractivity contribution is 8.13. The SMILES string of the molecule is C=C(C)CCOc1ccc(C(=O)O)cc1S(=O)(=O)Cl. The lowest BCUT2D eigenvalue weighted by atomic mass is 10.2. The first-order valence-electron chi connectivity index (χ1n) is 5.31. The summed E-state index contributed by atoms with van der Waals surface area (Å²) < 4.78 is 28.1. The highest BCUT2D eigenvalue weighted by Crippen LogP contribution is 2.28. The number of carboxylic acids is 1. The smallest absolute Gasteiger partial charge is 0.335 e. The molecule has 0 aliphatic carbocycles. The first-order valence-corrected chi connectivity index (χ1v) is 7.62. The third-order valence-electron chi connectivity index (χ3n) is 2.24. The van der Waals surface area contributed by atoms with E-state index < -0.39 is 15.0 Å². The topological polar surface area (TPSA) is 80.7 Å². The molecule has 104 valence electrons. The fraction of sp³-hybridized carbons (Fsp3) is 0.250. The number of halogens is 1. The van der Waals surface area contributed by atoms with Gasteiger partial charge in [0.2, 0.25) is 0 Å². The van der Waals surface area contributed by atoms with Crippen molar-refractivity contribution in [3.63, 3.8) is 0 Å². The minimum atomic E-state index is -4.08. The minimum Gasteiger partial charge on any atom is -0.492 e. The van der Waals surface area contributed by atoms with Gasteiger partial charge in [-0.15, -0.1) is 6.58 Å². The molecule has 0 spiro atoms. The lowest BCUT2D eigenvalue weighted by Gasteiger charge is -2.10. The molecule has 1 aromatic rings. The molecule has 0 aliphatic heterocycles. The fourth-order valence-electron chi connectivity index (χ4n) is 1.29. The van der Waals surface area contributed by atoms with Crippen LogP contribution in [0.3, 0.4) is 0 Å². The largest absolute Gasteiger partial charge is 0.492 e. The van der Waals surface area contributed by atoms with Crippen LogP contribution in [-0.4, -0.2) is 26.1 Å². The molecule has 0 saturated carbocycles. The van der Waals surface area contributed by atoms with Gasteiger partial charge in [0.25, 0.3) is 9.05 Å². The number of benzene rings is 1. The Morgan fingerprint density at radius 2 is 2.11 bits per heavy atom. The average molecular weight is 305 g/mol. The van der Waals surface area contributed by atoms with Crippen molar-refractivity contribution in [2.45, 2.75) is 18.2 Å². The van der Waals surface area contributed by atoms with E-state index in [1.54, 1.807) is 0 Å². The number of ether oxygens (including phenoxy) is 1. The molecule has 1 rings (SSSR count). The molecule has 1 N–H and O–H groups in total. The third kappa shape index (κ3) is 4.57. The number of hydrogen-bond donors (Lipinski definition) is 1. The van der Waals surface area contributed by atoms with Crippen molar-refractivity contribution in [3.05, 3.63) is 35.9 Å². The molecule has 0 unspecified atom stereocenters. The van der Waals surface area contributed by atoms with Crippen LogP contribution in [-0.2, 0) is 9.05 Å². The number of hydrogen-bond acceptors (Lipinski definition) is 4. The van der Waals surface area contributed by atoms with E-state index >= 15 is 0 Å². The molecule has 19 heavy (non-hydrogen) atoms. The first kappa shape index (κ1) is 15.5. The molecule has 0 heterocycles. The van der Waals surface area contributed by atoms with E-state index in [1.165, 1.54) is 12.1 Å². The van der Waals surface area contributed by atoms with Crippen LogP contribution in [0.1, 0.15) is 23.7 Å². The van der Waals surface area contributed by atoms with Gasteiger partial charge >= 0.3 is 5.97 Å². The van der Waals surface area contributed by atoms with Gasteiger partial charge in [0, 0.05) is 17.1 Å². The summed E-state index contributed by atoms with van der Waals surface area (Å²) in [5.41, 5.74) is 0.712. The summed E-state index contributed by atoms with van der Waals surface area (Å²) in [6.07, 6.45) is 0.558. The normalized spacial score (nSPS) is 11.1. The van der Waals surface area contributed by atoms with Gasteiger partial charge in [-0.3, -0.25) is 0 Å². The van der Waals surface area contributed by atoms with Crippen molar-refractivity contribution in [1.29, 1.82) is 0 Å². The maximum atomic E-state index is 11.4. The molecule has 0 fully saturated rings. The van der Waals surface area contributed by atoms with Crippen LogP contribution in [0.4, 0.5) is 0 Å². The Bertz CT molecular complexity index is 607. The second kappa shape index (κ2) is 6.08. The molecular weight excluding hydrogens is 292 g/mol. The fourth-order valence-corrected chi connectivity index (χ4v) is 2.28. The van der Waals surface area contributed by atoms with Crippen LogP contribution in [0.2, 0.25) is 0 Å². The Labute approximate surface area is 115 Å². The second-order valence-corrected chi connectivity index (χ2v) is 6.49. The summed E-state index contributed by atoms with van der Waals surface area (Å²) >= 11 is 0. The standard InChI is InChI=1S/C12H13ClO5S/c1-8(2)5-6-18-10-4-3-9(12(14)15)7-11(10)19(13,16)17/h3-4,7H,1,5-6H2,2H3,(H,14,15). The van der Waals surface area contributed by atoms with E-state index in [-0.39, 0.29) is 22.8 Å². The van der Waals surface area contributed by atoms with Gasteiger partial charge in [-0.1, -0.05) is 5.57 Å². The minimum absolute atomic E-state index is 0.0289. The quantitative estimate of drug-likeness (QED) is 0.645. The van der Waals surface area contributed by atoms with Gasteiger partial charge in [-0.25, -0.2) is 13.2 Å². The van der Waals surface area contributed by atoms with Gasteiger partial charge in [0.1, 0.15) is 10.6 Å². The van der Waals surface area contributed by atoms with Crippen molar-refractivity contribution >= 4 is 25.7 Å². The summed E-state index contributed by atoms with van der Waals surface area (Å²) in [6, 6.07) is 3.50. The molecule has 0 atom stereocenters. The second-order valence-electron chi connectivity index (χ2n) is 3.96. The average Bonchev–Trinajstić information content (AvgIpc) is 2.27. The Hall–Kier alpha value is -1.53. The zero-order valence-electron chi connectivity index (χ0n) is 10.2. The Balaban J connectivity index is 3.10. The maximum Gasteiger partial charge on any atom is 0.335 e. The van der Waals surface area contributed by atoms with Crippen LogP contribution in [0, 0.1) is 0 Å². The van der Waals surface area contributed by atoms with Crippen molar-refractivity contribution < 1.29 is 23.1 Å². The lowest BCUT2D eigenvalue weighted by molar-refractivity contribution is 0.0696. The summed E-state index contributed by atoms with van der Waals surface area (Å²) in [7, 11) is 1.18. The number of carboxylic acid groups (broad SMARTS) is 1. The van der Waals surface area contributed by atoms with Gasteiger partial charge in [-0.2, -0.15) is 0 Å². The molecule has 0 bridgehead atoms. The van der Waals surface area contributed by atoms with Crippen molar-refractivity contribution in [3.8, 4) is 5.75 Å². The summed E-state index contributed by atoms with van der Waals surface area (Å²) in [4.78, 5) is 10.5. The van der Waals surface area contributed by atoms with Gasteiger partial charge in [0.15, 0.2) is 0 Å². The van der Waals surface area contributed by atoms with Gasteiger partial charge in [0.05, 0.1) is 12.2 Å². The molecule has 0 aliphatic rings. The summed E-state index contributed by atoms with van der Waals surface area (Å²) in [5, 5.41) is 8.82. The van der Waals surface area contributed by atoms with E-state index in [0.29, 0.717) is 6.42 Å². The molecule has 0 aromatic heterocycles.